The number of carbonyl (C=O) groups is 3. The lowest BCUT2D eigenvalue weighted by molar-refractivity contribution is -0.155. The van der Waals surface area contributed by atoms with Crippen LogP contribution in [0.3, 0.4) is 0 Å². The van der Waals surface area contributed by atoms with Gasteiger partial charge in [-0.15, -0.1) is 0 Å². The monoisotopic (exact) mass is 657 g/mol. The molecule has 3 atom stereocenters. The number of ether oxygens (including phenoxy) is 2. The Balaban J connectivity index is 1.65. The van der Waals surface area contributed by atoms with Gasteiger partial charge in [0.25, 0.3) is 11.8 Å². The van der Waals surface area contributed by atoms with Gasteiger partial charge in [-0.05, 0) is 75.4 Å². The van der Waals surface area contributed by atoms with Crippen LogP contribution in [-0.2, 0) is 24.6 Å². The highest BCUT2D eigenvalue weighted by Gasteiger charge is 2.57. The Labute approximate surface area is 276 Å². The zero-order chi connectivity index (χ0) is 33.4. The van der Waals surface area contributed by atoms with Gasteiger partial charge in [0, 0.05) is 40.6 Å². The van der Waals surface area contributed by atoms with Gasteiger partial charge in [-0.25, -0.2) is 0 Å². The first-order valence-corrected chi connectivity index (χ1v) is 16.3. The van der Waals surface area contributed by atoms with Gasteiger partial charge in [-0.1, -0.05) is 63.0 Å². The Morgan fingerprint density at radius 2 is 1.67 bits per heavy atom. The minimum Gasteiger partial charge on any atom is -0.460 e. The third-order valence-corrected chi connectivity index (χ3v) is 9.00. The minimum atomic E-state index is -0.847. The molecule has 2 amide bonds. The Morgan fingerprint density at radius 3 is 2.22 bits per heavy atom. The molecule has 2 heterocycles. The smallest absolute Gasteiger partial charge is 0.308 e. The SMILES string of the molecule is CCC(C)(c1ccc(C(=O)NCCC(=O)OC(C)(C)C)cc1)N1C(=O)C(c2cc(Cl)cc(Cl)c2)=NC12CCOC(C(C)(C)C)C2. The molecule has 0 radical (unpaired) electrons. The number of benzene rings is 2. The number of aliphatic imine (C=N–C) groups is 1. The van der Waals surface area contributed by atoms with Crippen molar-refractivity contribution in [3.63, 3.8) is 0 Å². The van der Waals surface area contributed by atoms with Gasteiger partial charge in [0.2, 0.25) is 0 Å². The van der Waals surface area contributed by atoms with Crippen molar-refractivity contribution in [2.45, 2.75) is 104 Å². The number of hydrogen-bond donors (Lipinski definition) is 1. The molecular formula is C35H45Cl2N3O5. The molecule has 10 heteroatoms. The van der Waals surface area contributed by atoms with E-state index in [1.54, 1.807) is 51.1 Å². The second kappa shape index (κ2) is 13.0. The lowest BCUT2D eigenvalue weighted by Gasteiger charge is -2.52. The molecule has 1 N–H and O–H groups in total. The quantitative estimate of drug-likeness (QED) is 0.300. The number of rotatable bonds is 8. The van der Waals surface area contributed by atoms with E-state index in [1.165, 1.54) is 0 Å². The zero-order valence-electron chi connectivity index (χ0n) is 27.6. The fraction of sp³-hybridized carbons (Fsp3) is 0.543. The molecule has 1 saturated heterocycles. The average molecular weight is 659 g/mol. The molecule has 1 spiro atoms. The topological polar surface area (TPSA) is 97.3 Å². The van der Waals surface area contributed by atoms with E-state index in [9.17, 15) is 14.4 Å². The summed E-state index contributed by atoms with van der Waals surface area (Å²) in [7, 11) is 0. The van der Waals surface area contributed by atoms with Crippen molar-refractivity contribution in [1.29, 1.82) is 0 Å². The number of halogens is 2. The van der Waals surface area contributed by atoms with Crippen molar-refractivity contribution in [2.24, 2.45) is 10.4 Å². The Morgan fingerprint density at radius 1 is 1.04 bits per heavy atom. The van der Waals surface area contributed by atoms with E-state index in [1.807, 2.05) is 30.9 Å². The second-order valence-electron chi connectivity index (χ2n) is 14.2. The highest BCUT2D eigenvalue weighted by Crippen LogP contribution is 2.49. The van der Waals surface area contributed by atoms with Gasteiger partial charge < -0.3 is 19.7 Å². The predicted molar refractivity (Wildman–Crippen MR) is 178 cm³/mol. The Bertz CT molecular complexity index is 1460. The third-order valence-electron chi connectivity index (χ3n) is 8.56. The molecule has 4 rings (SSSR count). The van der Waals surface area contributed by atoms with Crippen molar-refractivity contribution >= 4 is 46.7 Å². The van der Waals surface area contributed by atoms with Crippen LogP contribution in [0.4, 0.5) is 0 Å². The molecule has 2 aromatic rings. The van der Waals surface area contributed by atoms with Crippen molar-refractivity contribution in [3.8, 4) is 0 Å². The van der Waals surface area contributed by atoms with Gasteiger partial charge in [0.1, 0.15) is 17.0 Å². The maximum absolute atomic E-state index is 14.5. The van der Waals surface area contributed by atoms with Crippen LogP contribution in [-0.4, -0.2) is 58.9 Å². The maximum Gasteiger partial charge on any atom is 0.308 e. The minimum absolute atomic E-state index is 0.0770. The summed E-state index contributed by atoms with van der Waals surface area (Å²) >= 11 is 12.7. The standard InChI is InChI=1S/C35H45Cl2N3O5/c1-9-34(8,24-12-10-22(11-13-24)30(42)38-16-14-28(41)45-33(5,6)7)40-31(43)29(23-18-25(36)20-26(37)19-23)39-35(40)15-17-44-27(21-35)32(2,3)4/h10-13,18-20,27H,9,14-17,21H2,1-8H3,(H,38,42). The fourth-order valence-electron chi connectivity index (χ4n) is 6.09. The summed E-state index contributed by atoms with van der Waals surface area (Å²) in [6, 6.07) is 12.4. The van der Waals surface area contributed by atoms with Crippen molar-refractivity contribution in [3.05, 3.63) is 69.2 Å². The molecular weight excluding hydrogens is 613 g/mol. The van der Waals surface area contributed by atoms with Crippen LogP contribution in [0.1, 0.15) is 103 Å². The first kappa shape index (κ1) is 34.9. The Kier molecular flexibility index (Phi) is 10.1. The average Bonchev–Trinajstić information content (AvgIpc) is 3.22. The number of esters is 1. The van der Waals surface area contributed by atoms with E-state index in [4.69, 9.17) is 37.7 Å². The number of carbonyl (C=O) groups excluding carboxylic acids is 3. The molecule has 0 saturated carbocycles. The van der Waals surface area contributed by atoms with E-state index >= 15 is 0 Å². The summed E-state index contributed by atoms with van der Waals surface area (Å²) in [5.74, 6) is -0.862. The highest BCUT2D eigenvalue weighted by atomic mass is 35.5. The van der Waals surface area contributed by atoms with Crippen LogP contribution in [0.2, 0.25) is 10.0 Å². The zero-order valence-corrected chi connectivity index (χ0v) is 29.1. The van der Waals surface area contributed by atoms with Crippen LogP contribution in [0.5, 0.6) is 0 Å². The second-order valence-corrected chi connectivity index (χ2v) is 15.1. The summed E-state index contributed by atoms with van der Waals surface area (Å²) in [6.45, 7) is 16.5. The number of hydrogen-bond acceptors (Lipinski definition) is 6. The van der Waals surface area contributed by atoms with Crippen LogP contribution in [0, 0.1) is 5.41 Å². The predicted octanol–water partition coefficient (Wildman–Crippen LogP) is 7.33. The molecule has 0 bridgehead atoms. The van der Waals surface area contributed by atoms with Crippen LogP contribution >= 0.6 is 23.2 Å². The summed E-state index contributed by atoms with van der Waals surface area (Å²) in [5.41, 5.74) is -0.124. The molecule has 1 fully saturated rings. The lowest BCUT2D eigenvalue weighted by Crippen LogP contribution is -2.61. The van der Waals surface area contributed by atoms with E-state index in [0.29, 0.717) is 52.8 Å². The third kappa shape index (κ3) is 7.72. The number of nitrogens with zero attached hydrogens (tertiary/aromatic N) is 2. The van der Waals surface area contributed by atoms with E-state index in [0.717, 1.165) is 5.56 Å². The van der Waals surface area contributed by atoms with Gasteiger partial charge in [0.05, 0.1) is 24.7 Å². The van der Waals surface area contributed by atoms with Crippen LogP contribution < -0.4 is 5.32 Å². The molecule has 45 heavy (non-hydrogen) atoms. The van der Waals surface area contributed by atoms with E-state index in [2.05, 4.69) is 26.1 Å². The van der Waals surface area contributed by atoms with Gasteiger partial charge in [-0.2, -0.15) is 0 Å². The fourth-order valence-corrected chi connectivity index (χ4v) is 6.62. The van der Waals surface area contributed by atoms with E-state index in [-0.39, 0.29) is 42.3 Å². The van der Waals surface area contributed by atoms with Crippen molar-refractivity contribution in [2.75, 3.05) is 13.2 Å². The molecule has 244 valence electrons. The van der Waals surface area contributed by atoms with Gasteiger partial charge in [0.15, 0.2) is 0 Å². The molecule has 8 nitrogen and oxygen atoms in total. The first-order chi connectivity index (χ1) is 20.9. The number of nitrogens with one attached hydrogen (secondary N) is 1. The summed E-state index contributed by atoms with van der Waals surface area (Å²) < 4.78 is 11.5. The highest BCUT2D eigenvalue weighted by molar-refractivity contribution is 6.48. The molecule has 3 unspecified atom stereocenters. The van der Waals surface area contributed by atoms with Crippen molar-refractivity contribution in [1.82, 2.24) is 10.2 Å². The summed E-state index contributed by atoms with van der Waals surface area (Å²) in [6.07, 6.45) is 1.63. The van der Waals surface area contributed by atoms with Crippen molar-refractivity contribution < 1.29 is 23.9 Å². The molecule has 0 aliphatic carbocycles. The molecule has 0 aromatic heterocycles. The van der Waals surface area contributed by atoms with Crippen LogP contribution in [0.25, 0.3) is 0 Å². The largest absolute Gasteiger partial charge is 0.460 e. The molecule has 2 aliphatic rings. The van der Waals surface area contributed by atoms with Gasteiger partial charge >= 0.3 is 5.97 Å². The number of amides is 2. The maximum atomic E-state index is 14.5. The normalized spacial score (nSPS) is 21.8. The summed E-state index contributed by atoms with van der Waals surface area (Å²) in [5, 5.41) is 3.65. The van der Waals surface area contributed by atoms with E-state index < -0.39 is 16.8 Å². The van der Waals surface area contributed by atoms with Crippen LogP contribution in [0.15, 0.2) is 47.5 Å². The van der Waals surface area contributed by atoms with Gasteiger partial charge in [-0.3, -0.25) is 19.4 Å². The Hall–Kier alpha value is -2.94. The summed E-state index contributed by atoms with van der Waals surface area (Å²) in [4.78, 5) is 46.6. The molecule has 2 aromatic carbocycles. The first-order valence-electron chi connectivity index (χ1n) is 15.5. The lowest BCUT2D eigenvalue weighted by atomic mass is 9.77. The molecule has 2 aliphatic heterocycles.